The van der Waals surface area contributed by atoms with Gasteiger partial charge in [-0.05, 0) is 56.2 Å². The molecule has 2 heterocycles. The number of aromatic nitrogens is 3. The lowest BCUT2D eigenvalue weighted by molar-refractivity contribution is 0.864. The van der Waals surface area contributed by atoms with E-state index in [4.69, 9.17) is 0 Å². The Hall–Kier alpha value is -3.21. The summed E-state index contributed by atoms with van der Waals surface area (Å²) in [5, 5.41) is 0.646. The molecule has 0 aliphatic carbocycles. The van der Waals surface area contributed by atoms with Crippen molar-refractivity contribution in [2.45, 2.75) is 20.8 Å². The van der Waals surface area contributed by atoms with Crippen LogP contribution in [0.2, 0.25) is 0 Å². The van der Waals surface area contributed by atoms with Gasteiger partial charge in [0, 0.05) is 12.4 Å². The minimum absolute atomic E-state index is 0.121. The van der Waals surface area contributed by atoms with Gasteiger partial charge in [0.15, 0.2) is 5.65 Å². The molecule has 0 N–H and O–H groups in total. The van der Waals surface area contributed by atoms with E-state index in [-0.39, 0.29) is 16.4 Å². The van der Waals surface area contributed by atoms with Crippen LogP contribution in [0.5, 0.6) is 0 Å². The maximum atomic E-state index is 13.3. The Balaban J connectivity index is 2.22. The third kappa shape index (κ3) is 2.28. The summed E-state index contributed by atoms with van der Waals surface area (Å²) in [6.45, 7) is 5.76. The Labute approximate surface area is 150 Å². The minimum atomic E-state index is -0.330. The number of rotatable bonds is 1. The standard InChI is InChI=1S/C21H19N3O2/c1-12-9-13(2)11-15(10-12)24-14(3)22-20-18(21(24)26)19(25)16-7-5-6-8-17(16)23(20)4/h5-11H,1-4H3. The lowest BCUT2D eigenvalue weighted by Crippen LogP contribution is -2.28. The van der Waals surface area contributed by atoms with E-state index >= 15 is 0 Å². The van der Waals surface area contributed by atoms with Crippen molar-refractivity contribution in [1.29, 1.82) is 0 Å². The highest BCUT2D eigenvalue weighted by Gasteiger charge is 2.17. The predicted octanol–water partition coefficient (Wildman–Crippen LogP) is 3.16. The molecule has 130 valence electrons. The van der Waals surface area contributed by atoms with Gasteiger partial charge in [0.1, 0.15) is 11.2 Å². The van der Waals surface area contributed by atoms with Gasteiger partial charge in [-0.2, -0.15) is 0 Å². The van der Waals surface area contributed by atoms with Gasteiger partial charge in [-0.25, -0.2) is 4.98 Å². The van der Waals surface area contributed by atoms with Crippen LogP contribution in [0.3, 0.4) is 0 Å². The fraction of sp³-hybridized carbons (Fsp3) is 0.190. The van der Waals surface area contributed by atoms with Gasteiger partial charge in [0.25, 0.3) is 5.56 Å². The number of benzene rings is 2. The number of hydrogen-bond acceptors (Lipinski definition) is 3. The quantitative estimate of drug-likeness (QED) is 0.498. The number of fused-ring (bicyclic) bond motifs is 2. The number of pyridine rings is 1. The topological polar surface area (TPSA) is 56.9 Å². The Morgan fingerprint density at radius 3 is 2.27 bits per heavy atom. The second kappa shape index (κ2) is 5.66. The molecule has 0 unspecified atom stereocenters. The number of hydrogen-bond donors (Lipinski definition) is 0. The zero-order valence-corrected chi connectivity index (χ0v) is 15.2. The number of nitrogens with zero attached hydrogens (tertiary/aromatic N) is 3. The average Bonchev–Trinajstić information content (AvgIpc) is 2.58. The molecular formula is C21H19N3O2. The first-order valence-electron chi connectivity index (χ1n) is 8.48. The summed E-state index contributed by atoms with van der Waals surface area (Å²) in [6.07, 6.45) is 0. The second-order valence-electron chi connectivity index (χ2n) is 6.75. The summed E-state index contributed by atoms with van der Waals surface area (Å²) in [7, 11) is 1.83. The maximum absolute atomic E-state index is 13.3. The van der Waals surface area contributed by atoms with E-state index in [1.54, 1.807) is 19.1 Å². The van der Waals surface area contributed by atoms with Gasteiger partial charge in [0.05, 0.1) is 11.2 Å². The maximum Gasteiger partial charge on any atom is 0.271 e. The predicted molar refractivity (Wildman–Crippen MR) is 104 cm³/mol. The Bertz CT molecular complexity index is 1290. The summed E-state index contributed by atoms with van der Waals surface area (Å²) >= 11 is 0. The number of para-hydroxylation sites is 1. The van der Waals surface area contributed by atoms with Crippen molar-refractivity contribution in [2.24, 2.45) is 7.05 Å². The van der Waals surface area contributed by atoms with Gasteiger partial charge in [-0.15, -0.1) is 0 Å². The van der Waals surface area contributed by atoms with Crippen molar-refractivity contribution in [2.75, 3.05) is 0 Å². The molecule has 0 aliphatic heterocycles. The highest BCUT2D eigenvalue weighted by Crippen LogP contribution is 2.18. The highest BCUT2D eigenvalue weighted by atomic mass is 16.1. The molecule has 0 radical (unpaired) electrons. The third-order valence-corrected chi connectivity index (χ3v) is 4.75. The van der Waals surface area contributed by atoms with E-state index < -0.39 is 0 Å². The van der Waals surface area contributed by atoms with E-state index in [9.17, 15) is 9.59 Å². The molecule has 0 atom stereocenters. The number of aryl methyl sites for hydroxylation is 4. The molecule has 0 aliphatic rings. The minimum Gasteiger partial charge on any atom is -0.328 e. The fourth-order valence-electron chi connectivity index (χ4n) is 3.65. The van der Waals surface area contributed by atoms with Crippen LogP contribution in [0.15, 0.2) is 52.1 Å². The van der Waals surface area contributed by atoms with Crippen molar-refractivity contribution >= 4 is 21.9 Å². The monoisotopic (exact) mass is 345 g/mol. The summed E-state index contributed by atoms with van der Waals surface area (Å²) in [6, 6.07) is 13.2. The molecule has 0 bridgehead atoms. The summed E-state index contributed by atoms with van der Waals surface area (Å²) in [5.41, 5.74) is 3.41. The van der Waals surface area contributed by atoms with Crippen molar-refractivity contribution in [3.8, 4) is 5.69 Å². The summed E-state index contributed by atoms with van der Waals surface area (Å²) in [5.74, 6) is 0.554. The van der Waals surface area contributed by atoms with Crippen molar-refractivity contribution in [1.82, 2.24) is 14.1 Å². The molecule has 2 aromatic carbocycles. The fourth-order valence-corrected chi connectivity index (χ4v) is 3.65. The van der Waals surface area contributed by atoms with Gasteiger partial charge < -0.3 is 4.57 Å². The van der Waals surface area contributed by atoms with Crippen molar-refractivity contribution in [3.05, 3.63) is 80.0 Å². The molecule has 4 aromatic rings. The molecule has 26 heavy (non-hydrogen) atoms. The van der Waals surface area contributed by atoms with Crippen LogP contribution in [0.25, 0.3) is 27.6 Å². The SMILES string of the molecule is Cc1cc(C)cc(-n2c(C)nc3c(c(=O)c4ccccc4n3C)c2=O)c1. The summed E-state index contributed by atoms with van der Waals surface area (Å²) < 4.78 is 3.34. The Morgan fingerprint density at radius 2 is 1.58 bits per heavy atom. The second-order valence-corrected chi connectivity index (χ2v) is 6.75. The van der Waals surface area contributed by atoms with Crippen molar-refractivity contribution < 1.29 is 0 Å². The van der Waals surface area contributed by atoms with Crippen LogP contribution in [-0.2, 0) is 7.05 Å². The van der Waals surface area contributed by atoms with Gasteiger partial charge in [-0.3, -0.25) is 14.2 Å². The van der Waals surface area contributed by atoms with Crippen LogP contribution >= 0.6 is 0 Å². The first kappa shape index (κ1) is 16.3. The summed E-state index contributed by atoms with van der Waals surface area (Å²) in [4.78, 5) is 30.9. The molecule has 5 nitrogen and oxygen atoms in total. The lowest BCUT2D eigenvalue weighted by Gasteiger charge is -2.15. The van der Waals surface area contributed by atoms with Crippen LogP contribution in [0, 0.1) is 20.8 Å². The van der Waals surface area contributed by atoms with Crippen LogP contribution in [0.1, 0.15) is 17.0 Å². The molecule has 0 saturated heterocycles. The Kier molecular flexibility index (Phi) is 3.54. The molecule has 0 fully saturated rings. The molecule has 2 aromatic heterocycles. The zero-order valence-electron chi connectivity index (χ0n) is 15.2. The third-order valence-electron chi connectivity index (χ3n) is 4.75. The first-order valence-corrected chi connectivity index (χ1v) is 8.48. The normalized spacial score (nSPS) is 11.4. The molecule has 0 amide bonds. The van der Waals surface area contributed by atoms with Gasteiger partial charge in [-0.1, -0.05) is 18.2 Å². The zero-order chi connectivity index (χ0) is 18.6. The van der Waals surface area contributed by atoms with Gasteiger partial charge >= 0.3 is 0 Å². The highest BCUT2D eigenvalue weighted by molar-refractivity contribution is 5.91. The van der Waals surface area contributed by atoms with E-state index in [0.29, 0.717) is 16.9 Å². The van der Waals surface area contributed by atoms with Crippen molar-refractivity contribution in [3.63, 3.8) is 0 Å². The van der Waals surface area contributed by atoms with Crippen LogP contribution < -0.4 is 11.0 Å². The van der Waals surface area contributed by atoms with E-state index in [1.807, 2.05) is 55.8 Å². The smallest absolute Gasteiger partial charge is 0.271 e. The van der Waals surface area contributed by atoms with E-state index in [2.05, 4.69) is 4.98 Å². The first-order chi connectivity index (χ1) is 12.4. The van der Waals surface area contributed by atoms with Crippen LogP contribution in [0.4, 0.5) is 0 Å². The van der Waals surface area contributed by atoms with Gasteiger partial charge in [0.2, 0.25) is 5.43 Å². The molecule has 0 spiro atoms. The molecule has 0 saturated carbocycles. The molecule has 4 rings (SSSR count). The van der Waals surface area contributed by atoms with E-state index in [0.717, 1.165) is 22.3 Å². The average molecular weight is 345 g/mol. The van der Waals surface area contributed by atoms with E-state index in [1.165, 1.54) is 4.57 Å². The molecule has 5 heteroatoms. The largest absolute Gasteiger partial charge is 0.328 e. The lowest BCUT2D eigenvalue weighted by atomic mass is 10.1. The Morgan fingerprint density at radius 1 is 0.923 bits per heavy atom. The van der Waals surface area contributed by atoms with Crippen LogP contribution in [-0.4, -0.2) is 14.1 Å². The molecular weight excluding hydrogens is 326 g/mol.